The normalized spacial score (nSPS) is 14.6. The molecule has 0 atom stereocenters. The van der Waals surface area contributed by atoms with Gasteiger partial charge in [0.05, 0.1) is 11.0 Å². The Balaban J connectivity index is 1.58. The van der Waals surface area contributed by atoms with Gasteiger partial charge in [0.15, 0.2) is 5.16 Å². The highest BCUT2D eigenvalue weighted by Crippen LogP contribution is 2.27. The maximum atomic E-state index is 12.5. The first-order valence-electron chi connectivity index (χ1n) is 8.60. The van der Waals surface area contributed by atoms with Crippen LogP contribution in [-0.4, -0.2) is 53.6 Å². The van der Waals surface area contributed by atoms with Gasteiger partial charge in [0, 0.05) is 30.0 Å². The number of aromatic nitrogens is 5. The smallest absolute Gasteiger partial charge is 0.390 e. The minimum Gasteiger partial charge on any atom is -0.390 e. The lowest BCUT2D eigenvalue weighted by Crippen LogP contribution is -2.38. The summed E-state index contributed by atoms with van der Waals surface area (Å²) in [4.78, 5) is 36.2. The number of imidazole rings is 1. The first-order chi connectivity index (χ1) is 13.1. The Morgan fingerprint density at radius 3 is 2.74 bits per heavy atom. The quantitative estimate of drug-likeness (QED) is 0.526. The number of amides is 1. The molecule has 1 N–H and O–H groups in total. The fraction of sp³-hybridized carbons (Fsp3) is 0.375. The molecule has 1 aromatic carbocycles. The zero-order valence-corrected chi connectivity index (χ0v) is 15.2. The molecule has 2 aromatic heterocycles. The average Bonchev–Trinajstić information content (AvgIpc) is 3.26. The number of nitro groups is 1. The minimum atomic E-state index is -0.662. The molecule has 27 heavy (non-hydrogen) atoms. The van der Waals surface area contributed by atoms with Gasteiger partial charge in [-0.3, -0.25) is 4.79 Å². The van der Waals surface area contributed by atoms with E-state index < -0.39 is 10.9 Å². The van der Waals surface area contributed by atoms with Crippen molar-refractivity contribution in [3.63, 3.8) is 0 Å². The van der Waals surface area contributed by atoms with Gasteiger partial charge in [-0.05, 0) is 41.3 Å². The van der Waals surface area contributed by atoms with Crippen molar-refractivity contribution in [1.29, 1.82) is 0 Å². The third kappa shape index (κ3) is 3.77. The predicted octanol–water partition coefficient (Wildman–Crippen LogP) is 2.23. The Bertz CT molecular complexity index is 960. The fourth-order valence-corrected chi connectivity index (χ4v) is 3.82. The van der Waals surface area contributed by atoms with Gasteiger partial charge < -0.3 is 20.0 Å². The Kier molecular flexibility index (Phi) is 4.75. The molecule has 0 saturated carbocycles. The van der Waals surface area contributed by atoms with Crippen molar-refractivity contribution in [3.8, 4) is 0 Å². The third-order valence-corrected chi connectivity index (χ3v) is 5.21. The van der Waals surface area contributed by atoms with E-state index in [1.807, 2.05) is 24.3 Å². The summed E-state index contributed by atoms with van der Waals surface area (Å²) < 4.78 is 1.28. The van der Waals surface area contributed by atoms with Crippen LogP contribution in [0.15, 0.2) is 34.6 Å². The Morgan fingerprint density at radius 1 is 1.22 bits per heavy atom. The second-order valence-electron chi connectivity index (χ2n) is 6.21. The summed E-state index contributed by atoms with van der Waals surface area (Å²) in [6, 6.07) is 7.52. The van der Waals surface area contributed by atoms with Crippen LogP contribution in [0.2, 0.25) is 0 Å². The number of benzene rings is 1. The number of nitrogens with zero attached hydrogens (tertiary/aromatic N) is 6. The second kappa shape index (κ2) is 7.35. The van der Waals surface area contributed by atoms with E-state index in [4.69, 9.17) is 0 Å². The van der Waals surface area contributed by atoms with Crippen LogP contribution in [0.4, 0.5) is 5.95 Å². The van der Waals surface area contributed by atoms with Gasteiger partial charge in [0.25, 0.3) is 5.16 Å². The summed E-state index contributed by atoms with van der Waals surface area (Å²) in [7, 11) is 0. The van der Waals surface area contributed by atoms with E-state index in [1.54, 1.807) is 4.90 Å². The highest BCUT2D eigenvalue weighted by molar-refractivity contribution is 7.99. The van der Waals surface area contributed by atoms with Gasteiger partial charge in [0.2, 0.25) is 5.91 Å². The summed E-state index contributed by atoms with van der Waals surface area (Å²) in [6.07, 6.45) is 3.07. The predicted molar refractivity (Wildman–Crippen MR) is 97.3 cm³/mol. The number of hydrogen-bond donors (Lipinski definition) is 1. The van der Waals surface area contributed by atoms with Gasteiger partial charge >= 0.3 is 5.95 Å². The molecule has 1 aliphatic heterocycles. The van der Waals surface area contributed by atoms with Gasteiger partial charge in [-0.1, -0.05) is 12.1 Å². The topological polar surface area (TPSA) is 123 Å². The zero-order chi connectivity index (χ0) is 18.8. The van der Waals surface area contributed by atoms with E-state index >= 15 is 0 Å². The molecule has 0 radical (unpaired) electrons. The molecular weight excluding hydrogens is 370 g/mol. The lowest BCUT2D eigenvalue weighted by Gasteiger charge is -2.26. The number of rotatable bonds is 5. The Morgan fingerprint density at radius 2 is 2.00 bits per heavy atom. The van der Waals surface area contributed by atoms with E-state index in [-0.39, 0.29) is 17.6 Å². The first kappa shape index (κ1) is 17.5. The third-order valence-electron chi connectivity index (χ3n) is 4.34. The van der Waals surface area contributed by atoms with Crippen LogP contribution < -0.4 is 0 Å². The summed E-state index contributed by atoms with van der Waals surface area (Å²) in [6.45, 7) is 1.34. The van der Waals surface area contributed by atoms with Crippen molar-refractivity contribution in [1.82, 2.24) is 29.6 Å². The lowest BCUT2D eigenvalue weighted by atomic mass is 10.1. The summed E-state index contributed by atoms with van der Waals surface area (Å²) in [5, 5.41) is 15.8. The lowest BCUT2D eigenvalue weighted by molar-refractivity contribution is -0.394. The molecule has 11 heteroatoms. The first-order valence-corrected chi connectivity index (χ1v) is 9.41. The van der Waals surface area contributed by atoms with Crippen LogP contribution in [0.1, 0.15) is 19.3 Å². The molecule has 0 spiro atoms. The highest BCUT2D eigenvalue weighted by Gasteiger charge is 2.27. The van der Waals surface area contributed by atoms with Crippen LogP contribution in [0.3, 0.4) is 0 Å². The summed E-state index contributed by atoms with van der Waals surface area (Å²) >= 11 is 1.11. The van der Waals surface area contributed by atoms with Crippen molar-refractivity contribution >= 4 is 34.7 Å². The van der Waals surface area contributed by atoms with Crippen LogP contribution >= 0.6 is 11.8 Å². The van der Waals surface area contributed by atoms with E-state index in [9.17, 15) is 14.9 Å². The number of H-pyrrole nitrogens is 1. The fourth-order valence-electron chi connectivity index (χ4n) is 3.01. The maximum Gasteiger partial charge on any atom is 0.492 e. The molecule has 3 aromatic rings. The molecule has 0 aliphatic carbocycles. The molecule has 3 heterocycles. The van der Waals surface area contributed by atoms with Crippen LogP contribution in [0.5, 0.6) is 0 Å². The molecule has 1 fully saturated rings. The van der Waals surface area contributed by atoms with Gasteiger partial charge in [-0.25, -0.2) is 4.98 Å². The minimum absolute atomic E-state index is 0.0800. The largest absolute Gasteiger partial charge is 0.492 e. The van der Waals surface area contributed by atoms with Crippen LogP contribution in [0.25, 0.3) is 11.0 Å². The van der Waals surface area contributed by atoms with Crippen molar-refractivity contribution in [2.45, 2.75) is 36.1 Å². The van der Waals surface area contributed by atoms with E-state index in [1.165, 1.54) is 4.68 Å². The monoisotopic (exact) mass is 387 g/mol. The molecule has 1 aliphatic rings. The average molecular weight is 387 g/mol. The molecule has 1 amide bonds. The number of hydrogen-bond acceptors (Lipinski definition) is 7. The van der Waals surface area contributed by atoms with E-state index in [0.29, 0.717) is 18.2 Å². The number of likely N-dealkylation sites (tertiary alicyclic amines) is 1. The molecule has 4 rings (SSSR count). The molecule has 0 bridgehead atoms. The molecule has 1 saturated heterocycles. The molecular formula is C16H17N7O3S. The summed E-state index contributed by atoms with van der Waals surface area (Å²) in [5.74, 6) is -0.638. The summed E-state index contributed by atoms with van der Waals surface area (Å²) in [5.41, 5.74) is 1.63. The number of carbonyl (C=O) groups excluding carboxylic acids is 1. The molecule has 10 nitrogen and oxygen atoms in total. The number of fused-ring (bicyclic) bond motifs is 1. The van der Waals surface area contributed by atoms with Crippen molar-refractivity contribution in [3.05, 3.63) is 34.4 Å². The number of piperidine rings is 1. The van der Waals surface area contributed by atoms with Gasteiger partial charge in [0.1, 0.15) is 6.54 Å². The Labute approximate surface area is 158 Å². The van der Waals surface area contributed by atoms with Crippen LogP contribution in [0, 0.1) is 10.1 Å². The number of carbonyl (C=O) groups is 1. The van der Waals surface area contributed by atoms with E-state index in [0.717, 1.165) is 42.1 Å². The number of aromatic amines is 1. The maximum absolute atomic E-state index is 12.5. The SMILES string of the molecule is O=C(Cn1nc([N+](=O)[O-])nc1Sc1nc2ccccc2[nH]1)N1CCCCC1. The van der Waals surface area contributed by atoms with Crippen molar-refractivity contribution in [2.24, 2.45) is 0 Å². The van der Waals surface area contributed by atoms with E-state index in [2.05, 4.69) is 20.1 Å². The number of nitrogens with one attached hydrogen (secondary N) is 1. The van der Waals surface area contributed by atoms with Crippen molar-refractivity contribution in [2.75, 3.05) is 13.1 Å². The zero-order valence-electron chi connectivity index (χ0n) is 14.4. The number of para-hydroxylation sites is 2. The molecule has 140 valence electrons. The van der Waals surface area contributed by atoms with Gasteiger partial charge in [-0.2, -0.15) is 4.68 Å². The molecule has 0 unspecified atom stereocenters. The Hall–Kier alpha value is -2.95. The van der Waals surface area contributed by atoms with Gasteiger partial charge in [-0.15, -0.1) is 0 Å². The highest BCUT2D eigenvalue weighted by atomic mass is 32.2. The standard InChI is InChI=1S/C16H17N7O3S/c24-13(21-8-4-1-5-9-21)10-22-16(19-14(20-22)23(25)26)27-15-17-11-6-2-3-7-12(11)18-15/h2-3,6-7H,1,4-5,8-10H2,(H,17,18). The second-order valence-corrected chi connectivity index (χ2v) is 7.17. The van der Waals surface area contributed by atoms with Crippen LogP contribution in [-0.2, 0) is 11.3 Å². The van der Waals surface area contributed by atoms with Crippen molar-refractivity contribution < 1.29 is 9.72 Å².